The Kier molecular flexibility index (Phi) is 4.87. The molecule has 0 saturated heterocycles. The van der Waals surface area contributed by atoms with Gasteiger partial charge in [0.25, 0.3) is 0 Å². The zero-order valence-corrected chi connectivity index (χ0v) is 14.2. The molecule has 0 aliphatic heterocycles. The first kappa shape index (κ1) is 16.3. The summed E-state index contributed by atoms with van der Waals surface area (Å²) in [7, 11) is -3.16. The fraction of sp³-hybridized carbons (Fsp3) is 0.444. The van der Waals surface area contributed by atoms with E-state index in [2.05, 4.69) is 12.2 Å². The monoisotopic (exact) mass is 333 g/mol. The Morgan fingerprint density at radius 3 is 2.48 bits per heavy atom. The van der Waals surface area contributed by atoms with Crippen LogP contribution in [-0.2, 0) is 16.4 Å². The van der Waals surface area contributed by atoms with Crippen molar-refractivity contribution in [2.24, 2.45) is 0 Å². The highest BCUT2D eigenvalue weighted by molar-refractivity contribution is 7.92. The summed E-state index contributed by atoms with van der Waals surface area (Å²) in [5.74, 6) is 0.886. The molecule has 1 fully saturated rings. The van der Waals surface area contributed by atoms with E-state index in [-0.39, 0.29) is 11.3 Å². The minimum atomic E-state index is -3.16. The molecule has 1 aliphatic carbocycles. The minimum Gasteiger partial charge on any atom is -0.468 e. The lowest BCUT2D eigenvalue weighted by atomic mass is 10.1. The molecule has 0 radical (unpaired) electrons. The summed E-state index contributed by atoms with van der Waals surface area (Å²) in [5.41, 5.74) is 1.07. The minimum absolute atomic E-state index is 0.128. The van der Waals surface area contributed by atoms with E-state index in [4.69, 9.17) is 4.42 Å². The lowest BCUT2D eigenvalue weighted by molar-refractivity contribution is 0.460. The lowest BCUT2D eigenvalue weighted by Crippen LogP contribution is -2.19. The van der Waals surface area contributed by atoms with E-state index in [1.54, 1.807) is 18.4 Å². The summed E-state index contributed by atoms with van der Waals surface area (Å²) >= 11 is 0. The maximum atomic E-state index is 12.6. The van der Waals surface area contributed by atoms with Gasteiger partial charge in [0.05, 0.1) is 23.0 Å². The van der Waals surface area contributed by atoms with Crippen LogP contribution in [0.25, 0.3) is 0 Å². The third-order valence-electron chi connectivity index (χ3n) is 4.61. The van der Waals surface area contributed by atoms with E-state index in [9.17, 15) is 8.42 Å². The maximum absolute atomic E-state index is 12.6. The van der Waals surface area contributed by atoms with E-state index >= 15 is 0 Å². The van der Waals surface area contributed by atoms with E-state index in [0.29, 0.717) is 11.4 Å². The lowest BCUT2D eigenvalue weighted by Gasteiger charge is -2.15. The van der Waals surface area contributed by atoms with Crippen molar-refractivity contribution >= 4 is 9.84 Å². The van der Waals surface area contributed by atoms with Gasteiger partial charge in [0, 0.05) is 6.04 Å². The van der Waals surface area contributed by atoms with Crippen LogP contribution >= 0.6 is 0 Å². The molecule has 2 aromatic rings. The van der Waals surface area contributed by atoms with Crippen molar-refractivity contribution in [3.63, 3.8) is 0 Å². The van der Waals surface area contributed by atoms with Crippen LogP contribution in [0.5, 0.6) is 0 Å². The van der Waals surface area contributed by atoms with Gasteiger partial charge in [-0.25, -0.2) is 8.42 Å². The van der Waals surface area contributed by atoms with Gasteiger partial charge in [-0.05, 0) is 49.6 Å². The van der Waals surface area contributed by atoms with Crippen LogP contribution in [0.4, 0.5) is 0 Å². The van der Waals surface area contributed by atoms with E-state index in [1.165, 1.54) is 0 Å². The Balaban J connectivity index is 1.66. The molecular formula is C18H23NO3S. The molecule has 1 aromatic carbocycles. The van der Waals surface area contributed by atoms with Crippen LogP contribution in [0.15, 0.2) is 52.0 Å². The largest absolute Gasteiger partial charge is 0.468 e. The molecule has 0 spiro atoms. The van der Waals surface area contributed by atoms with Crippen LogP contribution in [0.1, 0.15) is 50.0 Å². The second kappa shape index (κ2) is 6.89. The van der Waals surface area contributed by atoms with E-state index in [1.807, 2.05) is 24.3 Å². The van der Waals surface area contributed by atoms with Gasteiger partial charge in [0.2, 0.25) is 0 Å². The van der Waals surface area contributed by atoms with Gasteiger partial charge in [-0.15, -0.1) is 0 Å². The summed E-state index contributed by atoms with van der Waals surface area (Å²) in [6.07, 6.45) is 5.30. The Morgan fingerprint density at radius 2 is 1.87 bits per heavy atom. The second-order valence-electron chi connectivity index (χ2n) is 6.20. The topological polar surface area (TPSA) is 59.3 Å². The number of furan rings is 1. The van der Waals surface area contributed by atoms with Crippen molar-refractivity contribution < 1.29 is 12.8 Å². The molecule has 1 saturated carbocycles. The standard InChI is InChI=1S/C18H23NO3S/c1-14(19-13-16-5-4-12-22-16)15-8-10-18(11-9-15)23(20,21)17-6-2-3-7-17/h4-5,8-12,14,17,19H,2-3,6-7,13H2,1H3. The van der Waals surface area contributed by atoms with Gasteiger partial charge in [-0.2, -0.15) is 0 Å². The highest BCUT2D eigenvalue weighted by atomic mass is 32.2. The first-order chi connectivity index (χ1) is 11.1. The average molecular weight is 333 g/mol. The first-order valence-corrected chi connectivity index (χ1v) is 9.71. The van der Waals surface area contributed by atoms with Crippen LogP contribution in [-0.4, -0.2) is 13.7 Å². The summed E-state index contributed by atoms with van der Waals surface area (Å²) < 4.78 is 30.4. The molecule has 1 heterocycles. The molecule has 0 amide bonds. The van der Waals surface area contributed by atoms with Crippen molar-refractivity contribution in [3.05, 3.63) is 54.0 Å². The summed E-state index contributed by atoms with van der Waals surface area (Å²) in [6, 6.07) is 11.2. The number of hydrogen-bond donors (Lipinski definition) is 1. The molecule has 124 valence electrons. The molecular weight excluding hydrogens is 310 g/mol. The van der Waals surface area contributed by atoms with Crippen molar-refractivity contribution in [1.82, 2.24) is 5.32 Å². The Hall–Kier alpha value is -1.59. The molecule has 5 heteroatoms. The third-order valence-corrected chi connectivity index (χ3v) is 6.89. The Labute approximate surface area is 137 Å². The molecule has 4 nitrogen and oxygen atoms in total. The molecule has 0 bridgehead atoms. The highest BCUT2D eigenvalue weighted by Crippen LogP contribution is 2.30. The predicted octanol–water partition coefficient (Wildman–Crippen LogP) is 3.85. The zero-order chi connectivity index (χ0) is 16.3. The Bertz CT molecular complexity index is 714. The normalized spacial score (nSPS) is 17.4. The summed E-state index contributed by atoms with van der Waals surface area (Å²) in [6.45, 7) is 2.71. The average Bonchev–Trinajstić information content (AvgIpc) is 3.26. The van der Waals surface area contributed by atoms with Crippen molar-refractivity contribution in [2.75, 3.05) is 0 Å². The summed E-state index contributed by atoms with van der Waals surface area (Å²) in [5, 5.41) is 3.18. The third kappa shape index (κ3) is 3.67. The molecule has 1 unspecified atom stereocenters. The zero-order valence-electron chi connectivity index (χ0n) is 13.4. The number of sulfone groups is 1. The smallest absolute Gasteiger partial charge is 0.181 e. The van der Waals surface area contributed by atoms with Crippen LogP contribution in [0, 0.1) is 0 Å². The fourth-order valence-electron chi connectivity index (χ4n) is 3.12. The van der Waals surface area contributed by atoms with E-state index < -0.39 is 9.84 Å². The number of nitrogens with one attached hydrogen (secondary N) is 1. The van der Waals surface area contributed by atoms with Gasteiger partial charge in [-0.3, -0.25) is 0 Å². The first-order valence-electron chi connectivity index (χ1n) is 8.17. The second-order valence-corrected chi connectivity index (χ2v) is 8.43. The molecule has 23 heavy (non-hydrogen) atoms. The summed E-state index contributed by atoms with van der Waals surface area (Å²) in [4.78, 5) is 0.450. The van der Waals surface area contributed by atoms with Crippen molar-refractivity contribution in [3.8, 4) is 0 Å². The maximum Gasteiger partial charge on any atom is 0.181 e. The molecule has 1 N–H and O–H groups in total. The van der Waals surface area contributed by atoms with Crippen LogP contribution in [0.2, 0.25) is 0 Å². The number of benzene rings is 1. The molecule has 1 aromatic heterocycles. The van der Waals surface area contributed by atoms with E-state index in [0.717, 1.165) is 37.0 Å². The Morgan fingerprint density at radius 1 is 1.17 bits per heavy atom. The van der Waals surface area contributed by atoms with Crippen LogP contribution < -0.4 is 5.32 Å². The van der Waals surface area contributed by atoms with Gasteiger partial charge in [0.15, 0.2) is 9.84 Å². The van der Waals surface area contributed by atoms with Gasteiger partial charge in [-0.1, -0.05) is 25.0 Å². The fourth-order valence-corrected chi connectivity index (χ4v) is 4.98. The highest BCUT2D eigenvalue weighted by Gasteiger charge is 2.30. The quantitative estimate of drug-likeness (QED) is 0.872. The molecule has 3 rings (SSSR count). The van der Waals surface area contributed by atoms with Gasteiger partial charge in [0.1, 0.15) is 5.76 Å². The van der Waals surface area contributed by atoms with Gasteiger partial charge >= 0.3 is 0 Å². The predicted molar refractivity (Wildman–Crippen MR) is 89.8 cm³/mol. The molecule has 1 aliphatic rings. The van der Waals surface area contributed by atoms with Crippen molar-refractivity contribution in [2.45, 2.75) is 55.3 Å². The molecule has 1 atom stereocenters. The SMILES string of the molecule is CC(NCc1ccco1)c1ccc(S(=O)(=O)C2CCCC2)cc1. The van der Waals surface area contributed by atoms with Gasteiger partial charge < -0.3 is 9.73 Å². The number of hydrogen-bond acceptors (Lipinski definition) is 4. The van der Waals surface area contributed by atoms with Crippen molar-refractivity contribution in [1.29, 1.82) is 0 Å². The number of rotatable bonds is 6. The van der Waals surface area contributed by atoms with Crippen LogP contribution in [0.3, 0.4) is 0 Å².